The van der Waals surface area contributed by atoms with E-state index < -0.39 is 0 Å². The zero-order chi connectivity index (χ0) is 18.4. The highest BCUT2D eigenvalue weighted by Gasteiger charge is 2.23. The standard InChI is InChI=1S/C21H25FN2O2.ClH/c1-23-14-16-8-10-24(11-9-16)21(25)18-5-2-4-17(12-18)15-26-20-7-3-6-19(22)13-20;/h2-7,12-13,16,23H,8-11,14-15H2,1H3;1H. The van der Waals surface area contributed by atoms with Crippen molar-refractivity contribution in [1.29, 1.82) is 0 Å². The van der Waals surface area contributed by atoms with Gasteiger partial charge in [0.05, 0.1) is 0 Å². The van der Waals surface area contributed by atoms with Gasteiger partial charge in [0.2, 0.25) is 0 Å². The Balaban J connectivity index is 0.00000261. The summed E-state index contributed by atoms with van der Waals surface area (Å²) >= 11 is 0. The van der Waals surface area contributed by atoms with Crippen molar-refractivity contribution in [2.45, 2.75) is 19.4 Å². The van der Waals surface area contributed by atoms with Gasteiger partial charge < -0.3 is 15.0 Å². The van der Waals surface area contributed by atoms with Crippen molar-refractivity contribution in [2.75, 3.05) is 26.7 Å². The van der Waals surface area contributed by atoms with Crippen LogP contribution in [0.3, 0.4) is 0 Å². The Morgan fingerprint density at radius 2 is 1.93 bits per heavy atom. The lowest BCUT2D eigenvalue weighted by Gasteiger charge is -2.32. The van der Waals surface area contributed by atoms with Crippen molar-refractivity contribution in [3.8, 4) is 5.75 Å². The van der Waals surface area contributed by atoms with Crippen LogP contribution in [0.1, 0.15) is 28.8 Å². The normalized spacial score (nSPS) is 14.5. The Hall–Kier alpha value is -2.11. The minimum absolute atomic E-state index is 0. The van der Waals surface area contributed by atoms with E-state index in [0.29, 0.717) is 23.8 Å². The molecule has 0 aromatic heterocycles. The predicted octanol–water partition coefficient (Wildman–Crippen LogP) is 3.90. The SMILES string of the molecule is CNCC1CCN(C(=O)c2cccc(COc3cccc(F)c3)c2)CC1.Cl. The van der Waals surface area contributed by atoms with Gasteiger partial charge in [0.15, 0.2) is 0 Å². The largest absolute Gasteiger partial charge is 0.489 e. The Bertz CT molecular complexity index is 748. The maximum absolute atomic E-state index is 13.2. The molecule has 1 aliphatic rings. The maximum Gasteiger partial charge on any atom is 0.253 e. The number of hydrogen-bond acceptors (Lipinski definition) is 3. The van der Waals surface area contributed by atoms with Crippen LogP contribution in [0.15, 0.2) is 48.5 Å². The molecule has 1 amide bonds. The first-order chi connectivity index (χ1) is 12.7. The van der Waals surface area contributed by atoms with Gasteiger partial charge in [-0.1, -0.05) is 18.2 Å². The average Bonchev–Trinajstić information content (AvgIpc) is 2.67. The van der Waals surface area contributed by atoms with Gasteiger partial charge in [0.1, 0.15) is 18.2 Å². The molecule has 1 heterocycles. The minimum Gasteiger partial charge on any atom is -0.489 e. The van der Waals surface area contributed by atoms with Crippen molar-refractivity contribution in [3.05, 3.63) is 65.5 Å². The molecule has 4 nitrogen and oxygen atoms in total. The molecule has 0 bridgehead atoms. The van der Waals surface area contributed by atoms with Crippen LogP contribution in [0.25, 0.3) is 0 Å². The second kappa shape index (κ2) is 10.3. The van der Waals surface area contributed by atoms with Crippen molar-refractivity contribution >= 4 is 18.3 Å². The molecule has 0 aliphatic carbocycles. The molecule has 1 fully saturated rings. The first-order valence-corrected chi connectivity index (χ1v) is 9.07. The third kappa shape index (κ3) is 5.94. The third-order valence-corrected chi connectivity index (χ3v) is 4.77. The molecule has 1 saturated heterocycles. The molecule has 1 aliphatic heterocycles. The fraction of sp³-hybridized carbons (Fsp3) is 0.381. The van der Waals surface area contributed by atoms with Gasteiger partial charge in [-0.15, -0.1) is 12.4 Å². The molecular formula is C21H26ClFN2O2. The Labute approximate surface area is 166 Å². The number of likely N-dealkylation sites (tertiary alicyclic amines) is 1. The van der Waals surface area contributed by atoms with Crippen LogP contribution in [-0.4, -0.2) is 37.5 Å². The van der Waals surface area contributed by atoms with Gasteiger partial charge in [-0.25, -0.2) is 4.39 Å². The van der Waals surface area contributed by atoms with Crippen LogP contribution < -0.4 is 10.1 Å². The summed E-state index contributed by atoms with van der Waals surface area (Å²) in [5, 5.41) is 3.21. The van der Waals surface area contributed by atoms with Crippen LogP contribution >= 0.6 is 12.4 Å². The summed E-state index contributed by atoms with van der Waals surface area (Å²) in [5.41, 5.74) is 1.57. The second-order valence-corrected chi connectivity index (χ2v) is 6.74. The number of nitrogens with one attached hydrogen (secondary N) is 1. The van der Waals surface area contributed by atoms with Gasteiger partial charge in [0.25, 0.3) is 5.91 Å². The number of benzene rings is 2. The molecule has 2 aromatic carbocycles. The summed E-state index contributed by atoms with van der Waals surface area (Å²) in [6, 6.07) is 13.5. The summed E-state index contributed by atoms with van der Waals surface area (Å²) in [6.45, 7) is 2.91. The lowest BCUT2D eigenvalue weighted by Crippen LogP contribution is -2.40. The van der Waals surface area contributed by atoms with E-state index in [9.17, 15) is 9.18 Å². The van der Waals surface area contributed by atoms with E-state index in [2.05, 4.69) is 5.32 Å². The van der Waals surface area contributed by atoms with Crippen molar-refractivity contribution in [1.82, 2.24) is 10.2 Å². The number of ether oxygens (including phenoxy) is 1. The van der Waals surface area contributed by atoms with Crippen molar-refractivity contribution < 1.29 is 13.9 Å². The predicted molar refractivity (Wildman–Crippen MR) is 107 cm³/mol. The van der Waals surface area contributed by atoms with E-state index in [1.165, 1.54) is 12.1 Å². The fourth-order valence-electron chi connectivity index (χ4n) is 3.33. The number of carbonyl (C=O) groups is 1. The van der Waals surface area contributed by atoms with Gasteiger partial charge in [-0.2, -0.15) is 0 Å². The van der Waals surface area contributed by atoms with Crippen LogP contribution in [0.4, 0.5) is 4.39 Å². The topological polar surface area (TPSA) is 41.6 Å². The van der Waals surface area contributed by atoms with Crippen LogP contribution in [0.2, 0.25) is 0 Å². The quantitative estimate of drug-likeness (QED) is 0.810. The smallest absolute Gasteiger partial charge is 0.253 e. The van der Waals surface area contributed by atoms with Gasteiger partial charge in [-0.3, -0.25) is 4.79 Å². The molecule has 3 rings (SSSR count). The first-order valence-electron chi connectivity index (χ1n) is 9.07. The molecule has 27 heavy (non-hydrogen) atoms. The van der Waals surface area contributed by atoms with Crippen molar-refractivity contribution in [2.24, 2.45) is 5.92 Å². The minimum atomic E-state index is -0.326. The highest BCUT2D eigenvalue weighted by atomic mass is 35.5. The van der Waals surface area contributed by atoms with Crippen molar-refractivity contribution in [3.63, 3.8) is 0 Å². The summed E-state index contributed by atoms with van der Waals surface area (Å²) in [6.07, 6.45) is 2.07. The zero-order valence-electron chi connectivity index (χ0n) is 15.5. The lowest BCUT2D eigenvalue weighted by molar-refractivity contribution is 0.0690. The summed E-state index contributed by atoms with van der Waals surface area (Å²) in [7, 11) is 1.97. The molecule has 6 heteroatoms. The highest BCUT2D eigenvalue weighted by molar-refractivity contribution is 5.94. The fourth-order valence-corrected chi connectivity index (χ4v) is 3.33. The summed E-state index contributed by atoms with van der Waals surface area (Å²) in [4.78, 5) is 14.7. The van der Waals surface area contributed by atoms with Crippen LogP contribution in [-0.2, 0) is 6.61 Å². The summed E-state index contributed by atoms with van der Waals surface area (Å²) in [5.74, 6) is 0.872. The monoisotopic (exact) mass is 392 g/mol. The second-order valence-electron chi connectivity index (χ2n) is 6.74. The molecular weight excluding hydrogens is 367 g/mol. The molecule has 2 aromatic rings. The number of piperidine rings is 1. The number of amides is 1. The number of nitrogens with zero attached hydrogens (tertiary/aromatic N) is 1. The van der Waals surface area contributed by atoms with Crippen LogP contribution in [0.5, 0.6) is 5.75 Å². The Kier molecular flexibility index (Phi) is 8.07. The Morgan fingerprint density at radius 1 is 1.19 bits per heavy atom. The average molecular weight is 393 g/mol. The Morgan fingerprint density at radius 3 is 2.63 bits per heavy atom. The number of halogens is 2. The summed E-state index contributed by atoms with van der Waals surface area (Å²) < 4.78 is 18.8. The molecule has 0 unspecified atom stereocenters. The lowest BCUT2D eigenvalue weighted by atomic mass is 9.96. The van der Waals surface area contributed by atoms with Crippen LogP contribution in [0, 0.1) is 11.7 Å². The van der Waals surface area contributed by atoms with E-state index in [1.807, 2.05) is 36.2 Å². The number of carbonyl (C=O) groups excluding carboxylic acids is 1. The molecule has 0 spiro atoms. The van der Waals surface area contributed by atoms with Gasteiger partial charge in [0, 0.05) is 24.7 Å². The molecule has 0 radical (unpaired) electrons. The number of hydrogen-bond donors (Lipinski definition) is 1. The molecule has 0 atom stereocenters. The van der Waals surface area contributed by atoms with E-state index in [4.69, 9.17) is 4.74 Å². The van der Waals surface area contributed by atoms with E-state index in [-0.39, 0.29) is 24.1 Å². The maximum atomic E-state index is 13.2. The molecule has 1 N–H and O–H groups in total. The van der Waals surface area contributed by atoms with E-state index >= 15 is 0 Å². The van der Waals surface area contributed by atoms with E-state index in [1.54, 1.807) is 12.1 Å². The van der Waals surface area contributed by atoms with E-state index in [0.717, 1.165) is 38.0 Å². The zero-order valence-corrected chi connectivity index (χ0v) is 16.3. The van der Waals surface area contributed by atoms with Gasteiger partial charge >= 0.3 is 0 Å². The number of rotatable bonds is 6. The molecule has 0 saturated carbocycles. The highest BCUT2D eigenvalue weighted by Crippen LogP contribution is 2.20. The molecule has 146 valence electrons. The first kappa shape index (κ1) is 21.2. The van der Waals surface area contributed by atoms with Gasteiger partial charge in [-0.05, 0) is 62.2 Å². The third-order valence-electron chi connectivity index (χ3n) is 4.77.